The zero-order valence-electron chi connectivity index (χ0n) is 15.1. The Morgan fingerprint density at radius 2 is 1.65 bits per heavy atom. The van der Waals surface area contributed by atoms with Crippen LogP contribution in [0, 0.1) is 23.7 Å². The summed E-state index contributed by atoms with van der Waals surface area (Å²) in [6.07, 6.45) is 5.21. The Bertz CT molecular complexity index is 751. The highest BCUT2D eigenvalue weighted by molar-refractivity contribution is 6.06. The number of amides is 3. The van der Waals surface area contributed by atoms with Crippen LogP contribution in [0.25, 0.3) is 0 Å². The number of carbonyl (C=O) groups excluding carboxylic acids is 3. The Labute approximate surface area is 153 Å². The molecule has 0 aromatic heterocycles. The van der Waals surface area contributed by atoms with Crippen molar-refractivity contribution >= 4 is 23.4 Å². The van der Waals surface area contributed by atoms with Crippen molar-refractivity contribution < 1.29 is 14.4 Å². The van der Waals surface area contributed by atoms with Gasteiger partial charge in [-0.2, -0.15) is 0 Å². The molecule has 1 saturated heterocycles. The first kappa shape index (κ1) is 17.0. The van der Waals surface area contributed by atoms with E-state index in [1.807, 2.05) is 24.3 Å². The molecule has 2 fully saturated rings. The lowest BCUT2D eigenvalue weighted by atomic mass is 9.85. The lowest BCUT2D eigenvalue weighted by Crippen LogP contribution is -2.35. The van der Waals surface area contributed by atoms with Crippen molar-refractivity contribution in [3.8, 4) is 0 Å². The van der Waals surface area contributed by atoms with Crippen molar-refractivity contribution in [1.29, 1.82) is 0 Å². The number of nitrogens with zero attached hydrogens (tertiary/aromatic N) is 1. The molecule has 1 saturated carbocycles. The molecule has 3 amide bonds. The van der Waals surface area contributed by atoms with Gasteiger partial charge in [0.05, 0.1) is 11.8 Å². The van der Waals surface area contributed by atoms with Gasteiger partial charge in [-0.05, 0) is 41.9 Å². The first-order valence-electron chi connectivity index (χ1n) is 9.39. The van der Waals surface area contributed by atoms with E-state index in [0.717, 1.165) is 12.1 Å². The number of anilines is 1. The third-order valence-electron chi connectivity index (χ3n) is 5.99. The molecular weight excluding hydrogens is 328 g/mol. The summed E-state index contributed by atoms with van der Waals surface area (Å²) in [4.78, 5) is 38.7. The number of benzene rings is 1. The molecule has 1 aliphatic heterocycles. The van der Waals surface area contributed by atoms with Crippen LogP contribution < -0.4 is 5.32 Å². The van der Waals surface area contributed by atoms with Gasteiger partial charge in [0.25, 0.3) is 0 Å². The van der Waals surface area contributed by atoms with Crippen molar-refractivity contribution in [2.75, 3.05) is 11.9 Å². The monoisotopic (exact) mass is 352 g/mol. The molecule has 26 heavy (non-hydrogen) atoms. The molecule has 1 aromatic rings. The minimum atomic E-state index is -0.191. The summed E-state index contributed by atoms with van der Waals surface area (Å²) in [6, 6.07) is 7.76. The smallest absolute Gasteiger partial charge is 0.233 e. The molecule has 1 heterocycles. The van der Waals surface area contributed by atoms with Crippen molar-refractivity contribution in [2.24, 2.45) is 23.7 Å². The van der Waals surface area contributed by atoms with E-state index in [2.05, 4.69) is 31.3 Å². The molecule has 4 rings (SSSR count). The summed E-state index contributed by atoms with van der Waals surface area (Å²) in [5, 5.41) is 2.84. The number of allylic oxidation sites excluding steroid dienone is 2. The van der Waals surface area contributed by atoms with Crippen LogP contribution in [0.4, 0.5) is 5.69 Å². The second-order valence-electron chi connectivity index (χ2n) is 7.90. The summed E-state index contributed by atoms with van der Waals surface area (Å²) in [5.41, 5.74) is 1.95. The maximum atomic E-state index is 12.6. The highest BCUT2D eigenvalue weighted by Crippen LogP contribution is 2.52. The zero-order chi connectivity index (χ0) is 18.4. The normalized spacial score (nSPS) is 29.0. The van der Waals surface area contributed by atoms with Crippen LogP contribution in [-0.4, -0.2) is 29.2 Å². The average Bonchev–Trinajstić information content (AvgIpc) is 3.28. The fourth-order valence-corrected chi connectivity index (χ4v) is 4.57. The van der Waals surface area contributed by atoms with E-state index in [-0.39, 0.29) is 54.4 Å². The molecule has 2 bridgehead atoms. The number of likely N-dealkylation sites (tertiary alicyclic amines) is 1. The number of carbonyl (C=O) groups is 3. The second-order valence-corrected chi connectivity index (χ2v) is 7.90. The number of hydrogen-bond donors (Lipinski definition) is 1. The van der Waals surface area contributed by atoms with Gasteiger partial charge in [0.2, 0.25) is 17.7 Å². The molecule has 0 radical (unpaired) electrons. The average molecular weight is 352 g/mol. The Hall–Kier alpha value is -2.43. The Morgan fingerprint density at radius 3 is 2.19 bits per heavy atom. The molecule has 5 nitrogen and oxygen atoms in total. The second kappa shape index (κ2) is 6.38. The van der Waals surface area contributed by atoms with Gasteiger partial charge in [-0.25, -0.2) is 0 Å². The first-order chi connectivity index (χ1) is 12.5. The van der Waals surface area contributed by atoms with E-state index in [1.165, 1.54) is 10.5 Å². The Kier molecular flexibility index (Phi) is 4.17. The number of fused-ring (bicyclic) bond motifs is 5. The van der Waals surface area contributed by atoms with Gasteiger partial charge >= 0.3 is 0 Å². The molecule has 4 unspecified atom stereocenters. The third-order valence-corrected chi connectivity index (χ3v) is 5.99. The molecule has 1 N–H and O–H groups in total. The molecular formula is C21H24N2O3. The van der Waals surface area contributed by atoms with Crippen molar-refractivity contribution in [2.45, 2.75) is 32.6 Å². The van der Waals surface area contributed by atoms with Crippen LogP contribution in [0.1, 0.15) is 38.2 Å². The van der Waals surface area contributed by atoms with Crippen LogP contribution in [0.2, 0.25) is 0 Å². The Morgan fingerprint density at radius 1 is 1.08 bits per heavy atom. The molecule has 1 aromatic carbocycles. The van der Waals surface area contributed by atoms with Crippen molar-refractivity contribution in [1.82, 2.24) is 4.90 Å². The van der Waals surface area contributed by atoms with Gasteiger partial charge in [-0.3, -0.25) is 19.3 Å². The molecule has 136 valence electrons. The van der Waals surface area contributed by atoms with E-state index in [9.17, 15) is 14.4 Å². The van der Waals surface area contributed by atoms with Crippen molar-refractivity contribution in [3.05, 3.63) is 42.0 Å². The van der Waals surface area contributed by atoms with Gasteiger partial charge in [-0.15, -0.1) is 0 Å². The van der Waals surface area contributed by atoms with Crippen LogP contribution in [-0.2, 0) is 14.4 Å². The molecule has 5 heteroatoms. The summed E-state index contributed by atoms with van der Waals surface area (Å²) in [5.74, 6) is 0.113. The van der Waals surface area contributed by atoms with E-state index in [1.54, 1.807) is 0 Å². The summed E-state index contributed by atoms with van der Waals surface area (Å²) < 4.78 is 0. The molecule has 0 spiro atoms. The molecule has 4 atom stereocenters. The van der Waals surface area contributed by atoms with Crippen LogP contribution in [0.3, 0.4) is 0 Å². The minimum absolute atomic E-state index is 0.0917. The predicted octanol–water partition coefficient (Wildman–Crippen LogP) is 2.95. The predicted molar refractivity (Wildman–Crippen MR) is 98.2 cm³/mol. The highest BCUT2D eigenvalue weighted by Gasteiger charge is 2.58. The number of imide groups is 1. The van der Waals surface area contributed by atoms with E-state index < -0.39 is 0 Å². The van der Waals surface area contributed by atoms with Gasteiger partial charge < -0.3 is 5.32 Å². The van der Waals surface area contributed by atoms with Crippen LogP contribution in [0.15, 0.2) is 36.4 Å². The van der Waals surface area contributed by atoms with E-state index >= 15 is 0 Å². The molecule has 2 aliphatic carbocycles. The van der Waals surface area contributed by atoms with Gasteiger partial charge in [0.1, 0.15) is 0 Å². The van der Waals surface area contributed by atoms with Crippen LogP contribution >= 0.6 is 0 Å². The summed E-state index contributed by atoms with van der Waals surface area (Å²) in [7, 11) is 0. The lowest BCUT2D eigenvalue weighted by Gasteiger charge is -2.17. The largest absolute Gasteiger partial charge is 0.326 e. The lowest BCUT2D eigenvalue weighted by molar-refractivity contribution is -0.140. The maximum Gasteiger partial charge on any atom is 0.233 e. The van der Waals surface area contributed by atoms with Gasteiger partial charge in [-0.1, -0.05) is 38.1 Å². The Balaban J connectivity index is 1.33. The number of nitrogens with one attached hydrogen (secondary N) is 1. The fourth-order valence-electron chi connectivity index (χ4n) is 4.57. The highest BCUT2D eigenvalue weighted by atomic mass is 16.2. The maximum absolute atomic E-state index is 12.6. The summed E-state index contributed by atoms with van der Waals surface area (Å²) >= 11 is 0. The third kappa shape index (κ3) is 2.75. The zero-order valence-corrected chi connectivity index (χ0v) is 15.1. The summed E-state index contributed by atoms with van der Waals surface area (Å²) in [6.45, 7) is 4.41. The SMILES string of the molecule is CC(C)c1ccc(NC(=O)CCN2C(=O)C3C4C=CC(C4)C3C2=O)cc1. The fraction of sp³-hybridized carbons (Fsp3) is 0.476. The van der Waals surface area contributed by atoms with Crippen molar-refractivity contribution in [3.63, 3.8) is 0 Å². The number of hydrogen-bond acceptors (Lipinski definition) is 3. The quantitative estimate of drug-likeness (QED) is 0.654. The van der Waals surface area contributed by atoms with E-state index in [4.69, 9.17) is 0 Å². The van der Waals surface area contributed by atoms with Gasteiger partial charge in [0, 0.05) is 18.7 Å². The van der Waals surface area contributed by atoms with E-state index in [0.29, 0.717) is 5.92 Å². The first-order valence-corrected chi connectivity index (χ1v) is 9.39. The van der Waals surface area contributed by atoms with Gasteiger partial charge in [0.15, 0.2) is 0 Å². The molecule has 3 aliphatic rings. The number of rotatable bonds is 5. The minimum Gasteiger partial charge on any atom is -0.326 e. The van der Waals surface area contributed by atoms with Crippen LogP contribution in [0.5, 0.6) is 0 Å². The standard InChI is InChI=1S/C21H24N2O3/c1-12(2)13-5-7-16(8-6-13)22-17(24)9-10-23-20(25)18-14-3-4-15(11-14)19(18)21(23)26/h3-8,12,14-15,18-19H,9-11H2,1-2H3,(H,22,24). The topological polar surface area (TPSA) is 66.5 Å².